The maximum absolute atomic E-state index is 2.42. The molecule has 0 heterocycles. The van der Waals surface area contributed by atoms with E-state index >= 15 is 0 Å². The summed E-state index contributed by atoms with van der Waals surface area (Å²) in [6.45, 7) is 4.27. The number of benzene rings is 4. The summed E-state index contributed by atoms with van der Waals surface area (Å²) in [5.41, 5.74) is 8.92. The second-order valence-electron chi connectivity index (χ2n) is 7.61. The van der Waals surface area contributed by atoms with Crippen molar-refractivity contribution in [3.05, 3.63) is 149 Å². The van der Waals surface area contributed by atoms with Gasteiger partial charge in [-0.1, -0.05) is 126 Å². The van der Waals surface area contributed by atoms with Crippen molar-refractivity contribution in [3.8, 4) is 0 Å². The molecule has 0 heteroatoms. The van der Waals surface area contributed by atoms with Crippen LogP contribution in [0.5, 0.6) is 0 Å². The Morgan fingerprint density at radius 3 is 1.28 bits per heavy atom. The summed E-state index contributed by atoms with van der Waals surface area (Å²) in [6, 6.07) is 39.2. The van der Waals surface area contributed by atoms with Crippen LogP contribution in [0.4, 0.5) is 0 Å². The molecule has 0 aliphatic rings. The fourth-order valence-corrected chi connectivity index (χ4v) is 3.70. The molecule has 0 atom stereocenters. The van der Waals surface area contributed by atoms with E-state index in [0.717, 1.165) is 0 Å². The van der Waals surface area contributed by atoms with Crippen molar-refractivity contribution in [3.63, 3.8) is 0 Å². The van der Waals surface area contributed by atoms with E-state index in [2.05, 4.69) is 129 Å². The molecule has 0 saturated carbocycles. The Hall–Kier alpha value is -3.38. The van der Waals surface area contributed by atoms with Crippen LogP contribution in [0.1, 0.15) is 39.3 Å². The van der Waals surface area contributed by atoms with Gasteiger partial charge >= 0.3 is 0 Å². The van der Waals surface area contributed by atoms with E-state index in [0.29, 0.717) is 0 Å². The summed E-state index contributed by atoms with van der Waals surface area (Å²) in [6.07, 6.45) is 2.42. The number of hydrogen-bond acceptors (Lipinski definition) is 0. The molecule has 0 bridgehead atoms. The molecular weight excluding hydrogens is 348 g/mol. The van der Waals surface area contributed by atoms with E-state index in [9.17, 15) is 0 Å². The van der Waals surface area contributed by atoms with E-state index in [-0.39, 0.29) is 5.92 Å². The van der Waals surface area contributed by atoms with Gasteiger partial charge in [-0.2, -0.15) is 0 Å². The van der Waals surface area contributed by atoms with E-state index in [1.54, 1.807) is 0 Å². The number of rotatable bonds is 5. The summed E-state index contributed by atoms with van der Waals surface area (Å²) in [4.78, 5) is 0. The fourth-order valence-electron chi connectivity index (χ4n) is 3.70. The highest BCUT2D eigenvalue weighted by atomic mass is 14.2. The summed E-state index contributed by atoms with van der Waals surface area (Å²) in [7, 11) is 0. The predicted octanol–water partition coefficient (Wildman–Crippen LogP) is 7.57. The van der Waals surface area contributed by atoms with Crippen molar-refractivity contribution in [2.45, 2.75) is 19.8 Å². The molecule has 0 nitrogen and oxygen atoms in total. The first-order valence-electron chi connectivity index (χ1n) is 10.2. The molecule has 4 aromatic rings. The van der Waals surface area contributed by atoms with E-state index < -0.39 is 0 Å². The fraction of sp³-hybridized carbons (Fsp3) is 0.103. The van der Waals surface area contributed by atoms with Gasteiger partial charge in [0.05, 0.1) is 0 Å². The summed E-state index contributed by atoms with van der Waals surface area (Å²) >= 11 is 0. The average Bonchev–Trinajstić information content (AvgIpc) is 2.77. The highest BCUT2D eigenvalue weighted by Crippen LogP contribution is 2.33. The van der Waals surface area contributed by atoms with Crippen LogP contribution < -0.4 is 0 Å². The van der Waals surface area contributed by atoms with Crippen LogP contribution in [0.3, 0.4) is 0 Å². The van der Waals surface area contributed by atoms with Gasteiger partial charge in [0.1, 0.15) is 0 Å². The van der Waals surface area contributed by atoms with Gasteiger partial charge in [0, 0.05) is 5.92 Å². The first-order valence-corrected chi connectivity index (χ1v) is 10.2. The van der Waals surface area contributed by atoms with Crippen LogP contribution in [-0.2, 0) is 0 Å². The molecule has 4 rings (SSSR count). The molecule has 4 aromatic carbocycles. The second kappa shape index (κ2) is 8.75. The van der Waals surface area contributed by atoms with Gasteiger partial charge in [-0.3, -0.25) is 0 Å². The molecule has 29 heavy (non-hydrogen) atoms. The maximum Gasteiger partial charge on any atom is 0.0278 e. The molecule has 0 N–H and O–H groups in total. The minimum atomic E-state index is 0.190. The Morgan fingerprint density at radius 1 is 0.517 bits per heavy atom. The van der Waals surface area contributed by atoms with Crippen LogP contribution in [0.15, 0.2) is 115 Å². The Bertz CT molecular complexity index is 983. The monoisotopic (exact) mass is 374 g/mol. The second-order valence-corrected chi connectivity index (χ2v) is 7.61. The summed E-state index contributed by atoms with van der Waals surface area (Å²) < 4.78 is 0. The molecule has 0 radical (unpaired) electrons. The maximum atomic E-state index is 2.42. The minimum absolute atomic E-state index is 0.190. The Morgan fingerprint density at radius 2 is 0.897 bits per heavy atom. The van der Waals surface area contributed by atoms with Crippen molar-refractivity contribution < 1.29 is 0 Å². The standard InChI is InChI=1S/C29H26/c1-22-13-17-26(18-14-22)29(27-19-15-23(2)16-20-27)21-28(24-9-5-3-6-10-24)25-11-7-4-8-12-25/h3-21,28H,1-2H3. The van der Waals surface area contributed by atoms with Gasteiger partial charge in [-0.05, 0) is 41.7 Å². The largest absolute Gasteiger partial charge is 0.0642 e. The molecule has 142 valence electrons. The molecular formula is C29H26. The van der Waals surface area contributed by atoms with Crippen LogP contribution in [-0.4, -0.2) is 0 Å². The molecule has 0 unspecified atom stereocenters. The van der Waals surface area contributed by atoms with Crippen LogP contribution in [0.25, 0.3) is 5.57 Å². The van der Waals surface area contributed by atoms with Crippen LogP contribution in [0.2, 0.25) is 0 Å². The van der Waals surface area contributed by atoms with Gasteiger partial charge < -0.3 is 0 Å². The zero-order valence-corrected chi connectivity index (χ0v) is 17.0. The first kappa shape index (κ1) is 19.0. The lowest BCUT2D eigenvalue weighted by Gasteiger charge is -2.18. The minimum Gasteiger partial charge on any atom is -0.0642 e. The summed E-state index contributed by atoms with van der Waals surface area (Å²) in [5, 5.41) is 0. The predicted molar refractivity (Wildman–Crippen MR) is 124 cm³/mol. The molecule has 0 aliphatic carbocycles. The first-order chi connectivity index (χ1) is 14.2. The lowest BCUT2D eigenvalue weighted by atomic mass is 9.86. The Labute approximate surface area is 174 Å². The normalized spacial score (nSPS) is 10.7. The van der Waals surface area contributed by atoms with Gasteiger partial charge in [-0.25, -0.2) is 0 Å². The number of allylic oxidation sites excluding steroid dienone is 1. The highest BCUT2D eigenvalue weighted by molar-refractivity contribution is 5.81. The van der Waals surface area contributed by atoms with E-state index in [1.165, 1.54) is 39.0 Å². The van der Waals surface area contributed by atoms with Crippen molar-refractivity contribution in [2.75, 3.05) is 0 Å². The summed E-state index contributed by atoms with van der Waals surface area (Å²) in [5.74, 6) is 0.190. The number of hydrogen-bond donors (Lipinski definition) is 0. The number of aryl methyl sites for hydroxylation is 2. The smallest absolute Gasteiger partial charge is 0.0278 e. The molecule has 0 aromatic heterocycles. The third kappa shape index (κ3) is 4.55. The zero-order chi connectivity index (χ0) is 20.1. The third-order valence-electron chi connectivity index (χ3n) is 5.38. The quantitative estimate of drug-likeness (QED) is 0.338. The zero-order valence-electron chi connectivity index (χ0n) is 17.0. The van der Waals surface area contributed by atoms with Crippen LogP contribution >= 0.6 is 0 Å². The van der Waals surface area contributed by atoms with Gasteiger partial charge in [0.25, 0.3) is 0 Å². The molecule has 0 fully saturated rings. The molecule has 0 amide bonds. The van der Waals surface area contributed by atoms with E-state index in [4.69, 9.17) is 0 Å². The van der Waals surface area contributed by atoms with Crippen molar-refractivity contribution in [2.24, 2.45) is 0 Å². The SMILES string of the molecule is Cc1ccc(C(=CC(c2ccccc2)c2ccccc2)c2ccc(C)cc2)cc1. The third-order valence-corrected chi connectivity index (χ3v) is 5.38. The topological polar surface area (TPSA) is 0 Å². The molecule has 0 saturated heterocycles. The van der Waals surface area contributed by atoms with Gasteiger partial charge in [-0.15, -0.1) is 0 Å². The van der Waals surface area contributed by atoms with Crippen molar-refractivity contribution in [1.29, 1.82) is 0 Å². The van der Waals surface area contributed by atoms with Gasteiger partial charge in [0.2, 0.25) is 0 Å². The Kier molecular flexibility index (Phi) is 5.72. The average molecular weight is 375 g/mol. The lowest BCUT2D eigenvalue weighted by molar-refractivity contribution is 1.03. The highest BCUT2D eigenvalue weighted by Gasteiger charge is 2.14. The van der Waals surface area contributed by atoms with E-state index in [1.807, 2.05) is 0 Å². The Balaban J connectivity index is 1.90. The lowest BCUT2D eigenvalue weighted by Crippen LogP contribution is -2.00. The van der Waals surface area contributed by atoms with Gasteiger partial charge in [0.15, 0.2) is 0 Å². The van der Waals surface area contributed by atoms with Crippen LogP contribution in [0, 0.1) is 13.8 Å². The molecule has 0 spiro atoms. The van der Waals surface area contributed by atoms with Crippen molar-refractivity contribution >= 4 is 5.57 Å². The van der Waals surface area contributed by atoms with Crippen molar-refractivity contribution in [1.82, 2.24) is 0 Å². The molecule has 0 aliphatic heterocycles.